The highest BCUT2D eigenvalue weighted by atomic mass is 35.5. The van der Waals surface area contributed by atoms with Gasteiger partial charge in [0.2, 0.25) is 11.9 Å². The summed E-state index contributed by atoms with van der Waals surface area (Å²) in [5.41, 5.74) is 5.59. The summed E-state index contributed by atoms with van der Waals surface area (Å²) in [5.74, 6) is 1.15. The van der Waals surface area contributed by atoms with Gasteiger partial charge in [0, 0.05) is 31.9 Å². The average molecular weight is 448 g/mol. The van der Waals surface area contributed by atoms with Crippen LogP contribution >= 0.6 is 11.6 Å². The van der Waals surface area contributed by atoms with Crippen molar-refractivity contribution in [1.82, 2.24) is 19.9 Å². The molecular formula is C23H22ClN7O. The number of H-pyrrole nitrogens is 1. The molecule has 3 heterocycles. The maximum absolute atomic E-state index is 12.1. The van der Waals surface area contributed by atoms with Crippen molar-refractivity contribution in [2.45, 2.75) is 19.3 Å². The largest absolute Gasteiger partial charge is 0.345 e. The van der Waals surface area contributed by atoms with Crippen molar-refractivity contribution in [3.63, 3.8) is 0 Å². The minimum absolute atomic E-state index is 0.144. The molecule has 8 nitrogen and oxygen atoms in total. The van der Waals surface area contributed by atoms with E-state index < -0.39 is 0 Å². The van der Waals surface area contributed by atoms with Crippen LogP contribution in [0.1, 0.15) is 18.4 Å². The number of amides is 1. The minimum Gasteiger partial charge on any atom is -0.345 e. The van der Waals surface area contributed by atoms with E-state index in [0.717, 1.165) is 46.5 Å². The van der Waals surface area contributed by atoms with Crippen LogP contribution in [0.3, 0.4) is 0 Å². The summed E-state index contributed by atoms with van der Waals surface area (Å²) in [4.78, 5) is 32.3. The fourth-order valence-corrected chi connectivity index (χ4v) is 4.26. The molecule has 32 heavy (non-hydrogen) atoms. The van der Waals surface area contributed by atoms with Crippen molar-refractivity contribution in [3.05, 3.63) is 59.5 Å². The third-order valence-corrected chi connectivity index (χ3v) is 6.01. The van der Waals surface area contributed by atoms with E-state index >= 15 is 0 Å². The quantitative estimate of drug-likeness (QED) is 0.466. The Bertz CT molecular complexity index is 1320. The van der Waals surface area contributed by atoms with Gasteiger partial charge in [-0.2, -0.15) is 4.98 Å². The number of aromatic amines is 1. The van der Waals surface area contributed by atoms with Gasteiger partial charge in [0.15, 0.2) is 5.82 Å². The number of hydrogen-bond acceptors (Lipinski definition) is 6. The second-order valence-corrected chi connectivity index (χ2v) is 8.18. The topological polar surface area (TPSA) is 90.0 Å². The number of para-hydroxylation sites is 1. The second kappa shape index (κ2) is 8.12. The van der Waals surface area contributed by atoms with Crippen LogP contribution in [0.4, 0.5) is 28.8 Å². The SMILES string of the molecule is CN1C(=O)CCCc2cc(Nc3ncc(Cl)c(N(C)c4cccc5[nH]cnc45)n3)ccc21. The van der Waals surface area contributed by atoms with Crippen LogP contribution in [0.5, 0.6) is 0 Å². The van der Waals surface area contributed by atoms with Gasteiger partial charge in [-0.25, -0.2) is 9.97 Å². The number of imidazole rings is 1. The maximum Gasteiger partial charge on any atom is 0.229 e. The Morgan fingerprint density at radius 1 is 1.19 bits per heavy atom. The number of rotatable bonds is 4. The molecule has 4 aromatic rings. The smallest absolute Gasteiger partial charge is 0.229 e. The standard InChI is InChI=1S/C23H22ClN7O/c1-30-18-10-9-15(11-14(18)5-3-8-20(30)32)28-23-25-12-16(24)22(29-23)31(2)19-7-4-6-17-21(19)27-13-26-17/h4,6-7,9-13H,3,5,8H2,1-2H3,(H,26,27)(H,25,28,29). The Labute approximate surface area is 190 Å². The first-order chi connectivity index (χ1) is 15.5. The van der Waals surface area contributed by atoms with Gasteiger partial charge < -0.3 is 20.1 Å². The predicted molar refractivity (Wildman–Crippen MR) is 127 cm³/mol. The Morgan fingerprint density at radius 2 is 2.06 bits per heavy atom. The van der Waals surface area contributed by atoms with E-state index in [-0.39, 0.29) is 5.91 Å². The van der Waals surface area contributed by atoms with Gasteiger partial charge >= 0.3 is 0 Å². The summed E-state index contributed by atoms with van der Waals surface area (Å²) in [6.45, 7) is 0. The molecule has 5 rings (SSSR count). The van der Waals surface area contributed by atoms with Crippen LogP contribution in [0, 0.1) is 0 Å². The van der Waals surface area contributed by atoms with Crippen molar-refractivity contribution < 1.29 is 4.79 Å². The molecule has 0 saturated heterocycles. The lowest BCUT2D eigenvalue weighted by Gasteiger charge is -2.21. The molecule has 2 aromatic carbocycles. The van der Waals surface area contributed by atoms with Gasteiger partial charge in [-0.1, -0.05) is 17.7 Å². The number of anilines is 5. The molecule has 0 radical (unpaired) electrons. The summed E-state index contributed by atoms with van der Waals surface area (Å²) >= 11 is 6.45. The third-order valence-electron chi connectivity index (χ3n) is 5.74. The summed E-state index contributed by atoms with van der Waals surface area (Å²) in [6.07, 6.45) is 5.50. The number of nitrogens with one attached hydrogen (secondary N) is 2. The van der Waals surface area contributed by atoms with Gasteiger partial charge in [0.25, 0.3) is 0 Å². The van der Waals surface area contributed by atoms with Gasteiger partial charge in [0.05, 0.1) is 23.7 Å². The lowest BCUT2D eigenvalue weighted by molar-refractivity contribution is -0.118. The molecule has 1 aliphatic rings. The molecule has 9 heteroatoms. The van der Waals surface area contributed by atoms with Crippen molar-refractivity contribution in [1.29, 1.82) is 0 Å². The van der Waals surface area contributed by atoms with E-state index in [9.17, 15) is 4.79 Å². The highest BCUT2D eigenvalue weighted by molar-refractivity contribution is 6.33. The summed E-state index contributed by atoms with van der Waals surface area (Å²) < 4.78 is 0. The molecule has 0 saturated carbocycles. The number of benzene rings is 2. The summed E-state index contributed by atoms with van der Waals surface area (Å²) in [5, 5.41) is 3.71. The van der Waals surface area contributed by atoms with E-state index in [1.54, 1.807) is 17.4 Å². The molecule has 0 aliphatic carbocycles. The second-order valence-electron chi connectivity index (χ2n) is 7.77. The van der Waals surface area contributed by atoms with E-state index in [4.69, 9.17) is 11.6 Å². The van der Waals surface area contributed by atoms with Crippen LogP contribution in [0.15, 0.2) is 48.9 Å². The third kappa shape index (κ3) is 3.62. The first-order valence-corrected chi connectivity index (χ1v) is 10.7. The molecule has 2 N–H and O–H groups in total. The Morgan fingerprint density at radius 3 is 2.94 bits per heavy atom. The number of carbonyl (C=O) groups is 1. The van der Waals surface area contributed by atoms with Crippen LogP contribution in [0.2, 0.25) is 5.02 Å². The van der Waals surface area contributed by atoms with Gasteiger partial charge in [-0.3, -0.25) is 4.79 Å². The van der Waals surface area contributed by atoms with Crippen LogP contribution in [-0.4, -0.2) is 39.9 Å². The molecule has 2 aromatic heterocycles. The molecule has 1 aliphatic heterocycles. The minimum atomic E-state index is 0.144. The van der Waals surface area contributed by atoms with E-state index in [1.807, 2.05) is 49.3 Å². The number of fused-ring (bicyclic) bond motifs is 2. The van der Waals surface area contributed by atoms with Gasteiger partial charge in [-0.05, 0) is 48.7 Å². The predicted octanol–water partition coefficient (Wildman–Crippen LogP) is 4.82. The van der Waals surface area contributed by atoms with Gasteiger partial charge in [-0.15, -0.1) is 0 Å². The average Bonchev–Trinajstić information content (AvgIpc) is 3.23. The van der Waals surface area contributed by atoms with Crippen molar-refractivity contribution in [2.75, 3.05) is 29.2 Å². The molecular weight excluding hydrogens is 426 g/mol. The van der Waals surface area contributed by atoms with Crippen molar-refractivity contribution >= 4 is 57.4 Å². The lowest BCUT2D eigenvalue weighted by Crippen LogP contribution is -2.24. The van der Waals surface area contributed by atoms with Crippen molar-refractivity contribution in [3.8, 4) is 0 Å². The molecule has 0 bridgehead atoms. The molecule has 162 valence electrons. The number of hydrogen-bond donors (Lipinski definition) is 2. The highest BCUT2D eigenvalue weighted by Crippen LogP contribution is 2.34. The number of aryl methyl sites for hydroxylation is 1. The number of halogens is 1. The lowest BCUT2D eigenvalue weighted by atomic mass is 10.1. The monoisotopic (exact) mass is 447 g/mol. The summed E-state index contributed by atoms with van der Waals surface area (Å²) in [7, 11) is 3.72. The highest BCUT2D eigenvalue weighted by Gasteiger charge is 2.20. The Balaban J connectivity index is 1.45. The molecule has 0 spiro atoms. The van der Waals surface area contributed by atoms with Crippen LogP contribution in [0.25, 0.3) is 11.0 Å². The zero-order valence-electron chi connectivity index (χ0n) is 17.8. The zero-order chi connectivity index (χ0) is 22.2. The van der Waals surface area contributed by atoms with Crippen LogP contribution in [-0.2, 0) is 11.2 Å². The first-order valence-electron chi connectivity index (χ1n) is 10.4. The fourth-order valence-electron chi connectivity index (χ4n) is 4.04. The number of nitrogens with zero attached hydrogens (tertiary/aromatic N) is 5. The maximum atomic E-state index is 12.1. The Kier molecular flexibility index (Phi) is 5.14. The fraction of sp³-hybridized carbons (Fsp3) is 0.217. The van der Waals surface area contributed by atoms with E-state index in [2.05, 4.69) is 31.3 Å². The summed E-state index contributed by atoms with van der Waals surface area (Å²) in [6, 6.07) is 11.8. The van der Waals surface area contributed by atoms with E-state index in [1.165, 1.54) is 0 Å². The zero-order valence-corrected chi connectivity index (χ0v) is 18.5. The molecule has 0 fully saturated rings. The Hall–Kier alpha value is -3.65. The van der Waals surface area contributed by atoms with E-state index in [0.29, 0.717) is 23.2 Å². The number of aromatic nitrogens is 4. The molecule has 1 amide bonds. The van der Waals surface area contributed by atoms with Gasteiger partial charge in [0.1, 0.15) is 10.5 Å². The first kappa shape index (κ1) is 20.3. The number of carbonyl (C=O) groups excluding carboxylic acids is 1. The van der Waals surface area contributed by atoms with Crippen molar-refractivity contribution in [2.24, 2.45) is 0 Å². The van der Waals surface area contributed by atoms with Crippen LogP contribution < -0.4 is 15.1 Å². The normalized spacial score (nSPS) is 13.7. The molecule has 0 atom stereocenters. The molecule has 0 unspecified atom stereocenters.